The molecule has 0 aromatic rings. The maximum Gasteiger partial charge on any atom is 0.0636 e. The summed E-state index contributed by atoms with van der Waals surface area (Å²) in [6, 6.07) is 0.652. The van der Waals surface area contributed by atoms with Gasteiger partial charge < -0.3 is 10.4 Å². The molecule has 1 aliphatic rings. The molecule has 0 amide bonds. The summed E-state index contributed by atoms with van der Waals surface area (Å²) in [5.74, 6) is 2.49. The standard InChI is InChI=1S/C7H15NOS/c1-6(9)4-8-7-2-3-10-5-7/h6-9H,2-5H2,1H3/t6-,7-/m0/s1. The van der Waals surface area contributed by atoms with Gasteiger partial charge in [0.1, 0.15) is 0 Å². The van der Waals surface area contributed by atoms with E-state index in [2.05, 4.69) is 5.32 Å². The van der Waals surface area contributed by atoms with Gasteiger partial charge in [0, 0.05) is 18.3 Å². The Hall–Kier alpha value is 0.270. The van der Waals surface area contributed by atoms with Crippen molar-refractivity contribution in [2.24, 2.45) is 0 Å². The topological polar surface area (TPSA) is 32.3 Å². The van der Waals surface area contributed by atoms with E-state index in [1.807, 2.05) is 18.7 Å². The van der Waals surface area contributed by atoms with Crippen molar-refractivity contribution in [1.29, 1.82) is 0 Å². The number of thioether (sulfide) groups is 1. The molecular formula is C7H15NOS. The molecule has 2 atom stereocenters. The Kier molecular flexibility index (Phi) is 3.52. The van der Waals surface area contributed by atoms with Gasteiger partial charge in [-0.25, -0.2) is 0 Å². The van der Waals surface area contributed by atoms with Gasteiger partial charge in [-0.05, 0) is 19.1 Å². The van der Waals surface area contributed by atoms with Gasteiger partial charge in [-0.2, -0.15) is 11.8 Å². The van der Waals surface area contributed by atoms with Gasteiger partial charge in [0.15, 0.2) is 0 Å². The Morgan fingerprint density at radius 2 is 2.60 bits per heavy atom. The van der Waals surface area contributed by atoms with E-state index in [0.717, 1.165) is 6.54 Å². The van der Waals surface area contributed by atoms with Crippen molar-refractivity contribution in [3.05, 3.63) is 0 Å². The summed E-state index contributed by atoms with van der Waals surface area (Å²) >= 11 is 1.99. The smallest absolute Gasteiger partial charge is 0.0636 e. The van der Waals surface area contributed by atoms with Gasteiger partial charge in [0.05, 0.1) is 6.10 Å². The first-order valence-electron chi connectivity index (χ1n) is 3.78. The number of hydrogen-bond acceptors (Lipinski definition) is 3. The van der Waals surface area contributed by atoms with Gasteiger partial charge in [-0.3, -0.25) is 0 Å². The molecule has 2 N–H and O–H groups in total. The van der Waals surface area contributed by atoms with Crippen LogP contribution in [0.2, 0.25) is 0 Å². The molecule has 3 heteroatoms. The Morgan fingerprint density at radius 3 is 3.10 bits per heavy atom. The lowest BCUT2D eigenvalue weighted by molar-refractivity contribution is 0.187. The maximum atomic E-state index is 8.94. The van der Waals surface area contributed by atoms with Crippen LogP contribution in [0.3, 0.4) is 0 Å². The SMILES string of the molecule is C[C@H](O)CN[C@H]1CCSC1. The number of nitrogens with one attached hydrogen (secondary N) is 1. The Balaban J connectivity index is 2.01. The summed E-state index contributed by atoms with van der Waals surface area (Å²) in [6.07, 6.45) is 1.06. The molecule has 0 spiro atoms. The molecule has 1 saturated heterocycles. The zero-order chi connectivity index (χ0) is 7.40. The third-order valence-corrected chi connectivity index (χ3v) is 2.79. The Morgan fingerprint density at radius 1 is 1.80 bits per heavy atom. The van der Waals surface area contributed by atoms with Crippen LogP contribution in [0.5, 0.6) is 0 Å². The van der Waals surface area contributed by atoms with E-state index in [1.54, 1.807) is 0 Å². The van der Waals surface area contributed by atoms with Crippen molar-refractivity contribution in [3.8, 4) is 0 Å². The van der Waals surface area contributed by atoms with Gasteiger partial charge in [-0.1, -0.05) is 0 Å². The third kappa shape index (κ3) is 2.90. The average Bonchev–Trinajstić information content (AvgIpc) is 2.34. The number of aliphatic hydroxyl groups is 1. The first-order chi connectivity index (χ1) is 4.79. The fraction of sp³-hybridized carbons (Fsp3) is 1.00. The van der Waals surface area contributed by atoms with Crippen molar-refractivity contribution in [1.82, 2.24) is 5.32 Å². The molecular weight excluding hydrogens is 146 g/mol. The van der Waals surface area contributed by atoms with Crippen molar-refractivity contribution < 1.29 is 5.11 Å². The molecule has 0 saturated carbocycles. The van der Waals surface area contributed by atoms with Crippen LogP contribution in [-0.2, 0) is 0 Å². The second-order valence-corrected chi connectivity index (χ2v) is 3.97. The number of aliphatic hydroxyl groups excluding tert-OH is 1. The first kappa shape index (κ1) is 8.37. The quantitative estimate of drug-likeness (QED) is 0.631. The minimum atomic E-state index is -0.203. The lowest BCUT2D eigenvalue weighted by atomic mass is 10.2. The first-order valence-corrected chi connectivity index (χ1v) is 4.93. The predicted octanol–water partition coefficient (Wildman–Crippen LogP) is 0.462. The van der Waals surface area contributed by atoms with Crippen molar-refractivity contribution in [2.75, 3.05) is 18.1 Å². The molecule has 0 radical (unpaired) electrons. The van der Waals surface area contributed by atoms with E-state index in [-0.39, 0.29) is 6.10 Å². The van der Waals surface area contributed by atoms with Gasteiger partial charge in [-0.15, -0.1) is 0 Å². The number of rotatable bonds is 3. The highest BCUT2D eigenvalue weighted by Gasteiger charge is 2.14. The molecule has 1 heterocycles. The predicted molar refractivity (Wildman–Crippen MR) is 45.4 cm³/mol. The summed E-state index contributed by atoms with van der Waals surface area (Å²) in [7, 11) is 0. The second kappa shape index (κ2) is 4.21. The van der Waals surface area contributed by atoms with Crippen LogP contribution < -0.4 is 5.32 Å². The van der Waals surface area contributed by atoms with Crippen LogP contribution in [0.4, 0.5) is 0 Å². The highest BCUT2D eigenvalue weighted by Crippen LogP contribution is 2.16. The van der Waals surface area contributed by atoms with E-state index in [0.29, 0.717) is 6.04 Å². The van der Waals surface area contributed by atoms with Crippen LogP contribution in [0.1, 0.15) is 13.3 Å². The van der Waals surface area contributed by atoms with Crippen molar-refractivity contribution >= 4 is 11.8 Å². The molecule has 0 aromatic heterocycles. The fourth-order valence-corrected chi connectivity index (χ4v) is 2.22. The Bertz CT molecular complexity index is 91.6. The fourth-order valence-electron chi connectivity index (χ4n) is 1.03. The molecule has 0 aromatic carbocycles. The zero-order valence-electron chi connectivity index (χ0n) is 6.34. The largest absolute Gasteiger partial charge is 0.392 e. The lowest BCUT2D eigenvalue weighted by Gasteiger charge is -2.11. The van der Waals surface area contributed by atoms with Crippen molar-refractivity contribution in [2.45, 2.75) is 25.5 Å². The van der Waals surface area contributed by atoms with Gasteiger partial charge in [0.2, 0.25) is 0 Å². The Labute approximate surface area is 66.4 Å². The monoisotopic (exact) mass is 161 g/mol. The van der Waals surface area contributed by atoms with Crippen LogP contribution in [0.15, 0.2) is 0 Å². The average molecular weight is 161 g/mol. The van der Waals surface area contributed by atoms with Gasteiger partial charge >= 0.3 is 0 Å². The second-order valence-electron chi connectivity index (χ2n) is 2.82. The molecule has 0 aliphatic carbocycles. The van der Waals surface area contributed by atoms with E-state index in [1.165, 1.54) is 17.9 Å². The molecule has 1 aliphatic heterocycles. The summed E-state index contributed by atoms with van der Waals surface area (Å²) in [5, 5.41) is 12.3. The number of hydrogen-bond donors (Lipinski definition) is 2. The summed E-state index contributed by atoms with van der Waals surface area (Å²) in [6.45, 7) is 2.56. The zero-order valence-corrected chi connectivity index (χ0v) is 7.16. The van der Waals surface area contributed by atoms with E-state index in [4.69, 9.17) is 5.11 Å². The summed E-state index contributed by atoms with van der Waals surface area (Å²) < 4.78 is 0. The van der Waals surface area contributed by atoms with Crippen LogP contribution in [-0.4, -0.2) is 35.3 Å². The molecule has 1 rings (SSSR count). The highest BCUT2D eigenvalue weighted by atomic mass is 32.2. The van der Waals surface area contributed by atoms with Crippen LogP contribution >= 0.6 is 11.8 Å². The van der Waals surface area contributed by atoms with Crippen molar-refractivity contribution in [3.63, 3.8) is 0 Å². The normalized spacial score (nSPS) is 28.8. The molecule has 60 valence electrons. The molecule has 2 nitrogen and oxygen atoms in total. The minimum Gasteiger partial charge on any atom is -0.392 e. The van der Waals surface area contributed by atoms with E-state index < -0.39 is 0 Å². The highest BCUT2D eigenvalue weighted by molar-refractivity contribution is 7.99. The van der Waals surface area contributed by atoms with E-state index >= 15 is 0 Å². The lowest BCUT2D eigenvalue weighted by Crippen LogP contribution is -2.34. The molecule has 10 heavy (non-hydrogen) atoms. The molecule has 0 unspecified atom stereocenters. The van der Waals surface area contributed by atoms with Crippen LogP contribution in [0.25, 0.3) is 0 Å². The minimum absolute atomic E-state index is 0.203. The van der Waals surface area contributed by atoms with E-state index in [9.17, 15) is 0 Å². The van der Waals surface area contributed by atoms with Crippen LogP contribution in [0, 0.1) is 0 Å². The van der Waals surface area contributed by atoms with Gasteiger partial charge in [0.25, 0.3) is 0 Å². The third-order valence-electron chi connectivity index (χ3n) is 1.63. The maximum absolute atomic E-state index is 8.94. The summed E-state index contributed by atoms with van der Waals surface area (Å²) in [5.41, 5.74) is 0. The molecule has 0 bridgehead atoms. The summed E-state index contributed by atoms with van der Waals surface area (Å²) in [4.78, 5) is 0. The molecule has 1 fully saturated rings.